The number of carbonyl (C=O) groups is 2. The molecule has 0 saturated carbocycles. The van der Waals surface area contributed by atoms with Crippen LogP contribution in [0.15, 0.2) is 54.6 Å². The number of non-ortho nitro benzene ring substituents is 1. The van der Waals surface area contributed by atoms with Gasteiger partial charge in [0.1, 0.15) is 0 Å². The van der Waals surface area contributed by atoms with E-state index < -0.39 is 23.4 Å². The number of carbonyl (C=O) groups excluding carboxylic acids is 2. The number of hydrogen-bond donors (Lipinski definition) is 1. The second-order valence-electron chi connectivity index (χ2n) is 5.53. The molecule has 0 saturated heterocycles. The number of anilines is 1. The van der Waals surface area contributed by atoms with Gasteiger partial charge in [-0.15, -0.1) is 0 Å². The quantitative estimate of drug-likeness (QED) is 0.473. The Labute approximate surface area is 144 Å². The van der Waals surface area contributed by atoms with E-state index in [0.29, 0.717) is 5.69 Å². The Hall–Kier alpha value is -3.22. The van der Waals surface area contributed by atoms with E-state index >= 15 is 0 Å². The lowest BCUT2D eigenvalue weighted by Gasteiger charge is -2.11. The number of nitro benzene ring substituents is 1. The maximum absolute atomic E-state index is 11.8. The molecular weight excluding hydrogens is 324 g/mol. The van der Waals surface area contributed by atoms with Crippen molar-refractivity contribution in [3.63, 3.8) is 0 Å². The summed E-state index contributed by atoms with van der Waals surface area (Å²) in [7, 11) is 0. The number of ether oxygens (including phenoxy) is 1. The number of nitro groups is 1. The molecule has 0 aromatic heterocycles. The van der Waals surface area contributed by atoms with Crippen LogP contribution in [0.1, 0.15) is 24.8 Å². The first kappa shape index (κ1) is 18.1. The van der Waals surface area contributed by atoms with Crippen LogP contribution in [0, 0.1) is 10.1 Å². The van der Waals surface area contributed by atoms with E-state index in [1.54, 1.807) is 0 Å². The first-order valence-electron chi connectivity index (χ1n) is 7.70. The first-order valence-corrected chi connectivity index (χ1v) is 7.70. The van der Waals surface area contributed by atoms with Gasteiger partial charge in [0.05, 0.1) is 11.3 Å². The standard InChI is InChI=1S/C18H18N2O5/c1-13(14-5-3-2-4-6-14)11-18(22)25-12-17(21)19-15-7-9-16(10-8-15)20(23)24/h2-10,13H,11-12H2,1H3,(H,19,21). The number of hydrogen-bond acceptors (Lipinski definition) is 5. The summed E-state index contributed by atoms with van der Waals surface area (Å²) in [5, 5.41) is 13.1. The molecule has 130 valence electrons. The van der Waals surface area contributed by atoms with Crippen molar-refractivity contribution in [2.24, 2.45) is 0 Å². The molecule has 1 N–H and O–H groups in total. The molecule has 2 aromatic rings. The van der Waals surface area contributed by atoms with Crippen LogP contribution in [0.3, 0.4) is 0 Å². The van der Waals surface area contributed by atoms with Crippen molar-refractivity contribution in [1.82, 2.24) is 0 Å². The van der Waals surface area contributed by atoms with Gasteiger partial charge >= 0.3 is 5.97 Å². The van der Waals surface area contributed by atoms with Gasteiger partial charge in [-0.3, -0.25) is 19.7 Å². The van der Waals surface area contributed by atoms with Crippen LogP contribution in [-0.4, -0.2) is 23.4 Å². The van der Waals surface area contributed by atoms with E-state index in [2.05, 4.69) is 5.32 Å². The lowest BCUT2D eigenvalue weighted by Crippen LogP contribution is -2.21. The molecule has 0 radical (unpaired) electrons. The molecule has 0 aliphatic rings. The fourth-order valence-corrected chi connectivity index (χ4v) is 2.22. The summed E-state index contributed by atoms with van der Waals surface area (Å²) < 4.78 is 4.97. The van der Waals surface area contributed by atoms with Gasteiger partial charge in [0.25, 0.3) is 11.6 Å². The fourth-order valence-electron chi connectivity index (χ4n) is 2.22. The minimum atomic E-state index is -0.527. The normalized spacial score (nSPS) is 11.4. The highest BCUT2D eigenvalue weighted by atomic mass is 16.6. The predicted molar refractivity (Wildman–Crippen MR) is 92.2 cm³/mol. The monoisotopic (exact) mass is 342 g/mol. The highest BCUT2D eigenvalue weighted by Gasteiger charge is 2.14. The van der Waals surface area contributed by atoms with E-state index in [-0.39, 0.29) is 18.0 Å². The number of nitrogens with one attached hydrogen (secondary N) is 1. The Bertz CT molecular complexity index is 744. The summed E-state index contributed by atoms with van der Waals surface area (Å²) in [6.45, 7) is 1.50. The molecular formula is C18H18N2O5. The van der Waals surface area contributed by atoms with Gasteiger partial charge in [-0.05, 0) is 23.6 Å². The van der Waals surface area contributed by atoms with Crippen molar-refractivity contribution in [3.8, 4) is 0 Å². The summed E-state index contributed by atoms with van der Waals surface area (Å²) in [5.41, 5.74) is 1.35. The van der Waals surface area contributed by atoms with Crippen LogP contribution < -0.4 is 5.32 Å². The van der Waals surface area contributed by atoms with Crippen LogP contribution >= 0.6 is 0 Å². The SMILES string of the molecule is CC(CC(=O)OCC(=O)Nc1ccc([N+](=O)[O-])cc1)c1ccccc1. The van der Waals surface area contributed by atoms with E-state index in [1.807, 2.05) is 37.3 Å². The molecule has 0 spiro atoms. The van der Waals surface area contributed by atoms with Gasteiger partial charge in [0, 0.05) is 17.8 Å². The lowest BCUT2D eigenvalue weighted by molar-refractivity contribution is -0.384. The number of nitrogens with zero attached hydrogens (tertiary/aromatic N) is 1. The van der Waals surface area contributed by atoms with Crippen LogP contribution in [0.25, 0.3) is 0 Å². The van der Waals surface area contributed by atoms with Crippen molar-refractivity contribution in [3.05, 3.63) is 70.3 Å². The van der Waals surface area contributed by atoms with Crippen LogP contribution in [0.5, 0.6) is 0 Å². The second kappa shape index (κ2) is 8.58. The van der Waals surface area contributed by atoms with Crippen LogP contribution in [0.4, 0.5) is 11.4 Å². The van der Waals surface area contributed by atoms with Crippen molar-refractivity contribution >= 4 is 23.3 Å². The summed E-state index contributed by atoms with van der Waals surface area (Å²) in [6, 6.07) is 14.9. The third kappa shape index (κ3) is 5.72. The number of rotatable bonds is 7. The first-order chi connectivity index (χ1) is 12.0. The zero-order chi connectivity index (χ0) is 18.2. The zero-order valence-corrected chi connectivity index (χ0v) is 13.7. The molecule has 0 heterocycles. The van der Waals surface area contributed by atoms with Crippen LogP contribution in [0.2, 0.25) is 0 Å². The van der Waals surface area contributed by atoms with Gasteiger partial charge in [0.2, 0.25) is 0 Å². The molecule has 0 fully saturated rings. The number of esters is 1. The summed E-state index contributed by atoms with van der Waals surface area (Å²) in [6.07, 6.45) is 0.175. The molecule has 1 amide bonds. The third-order valence-electron chi connectivity index (χ3n) is 3.57. The van der Waals surface area contributed by atoms with Crippen LogP contribution in [-0.2, 0) is 14.3 Å². The molecule has 0 bridgehead atoms. The minimum Gasteiger partial charge on any atom is -0.456 e. The van der Waals surface area contributed by atoms with Crippen molar-refractivity contribution in [2.75, 3.05) is 11.9 Å². The Kier molecular flexibility index (Phi) is 6.22. The Morgan fingerprint density at radius 1 is 1.12 bits per heavy atom. The molecule has 7 heteroatoms. The van der Waals surface area contributed by atoms with E-state index in [9.17, 15) is 19.7 Å². The van der Waals surface area contributed by atoms with Gasteiger partial charge in [0.15, 0.2) is 6.61 Å². The van der Waals surface area contributed by atoms with Crippen molar-refractivity contribution in [1.29, 1.82) is 0 Å². The summed E-state index contributed by atoms with van der Waals surface area (Å²) in [5.74, 6) is -0.976. The topological polar surface area (TPSA) is 98.5 Å². The second-order valence-corrected chi connectivity index (χ2v) is 5.53. The number of benzene rings is 2. The van der Waals surface area contributed by atoms with Gasteiger partial charge < -0.3 is 10.1 Å². The molecule has 7 nitrogen and oxygen atoms in total. The third-order valence-corrected chi connectivity index (χ3v) is 3.57. The summed E-state index contributed by atoms with van der Waals surface area (Å²) in [4.78, 5) is 33.6. The van der Waals surface area contributed by atoms with Gasteiger partial charge in [-0.25, -0.2) is 0 Å². The molecule has 1 unspecified atom stereocenters. The highest BCUT2D eigenvalue weighted by molar-refractivity contribution is 5.92. The molecule has 1 atom stereocenters. The lowest BCUT2D eigenvalue weighted by atomic mass is 9.98. The van der Waals surface area contributed by atoms with E-state index in [0.717, 1.165) is 5.56 Å². The Morgan fingerprint density at radius 2 is 1.76 bits per heavy atom. The molecule has 2 aromatic carbocycles. The van der Waals surface area contributed by atoms with E-state index in [1.165, 1.54) is 24.3 Å². The Morgan fingerprint density at radius 3 is 2.36 bits per heavy atom. The highest BCUT2D eigenvalue weighted by Crippen LogP contribution is 2.19. The van der Waals surface area contributed by atoms with Crippen molar-refractivity contribution in [2.45, 2.75) is 19.3 Å². The minimum absolute atomic E-state index is 0.00793. The average molecular weight is 342 g/mol. The molecule has 2 rings (SSSR count). The van der Waals surface area contributed by atoms with Crippen molar-refractivity contribution < 1.29 is 19.2 Å². The van der Waals surface area contributed by atoms with Gasteiger partial charge in [-0.1, -0.05) is 37.3 Å². The Balaban J connectivity index is 1.77. The summed E-state index contributed by atoms with van der Waals surface area (Å²) >= 11 is 0. The molecule has 25 heavy (non-hydrogen) atoms. The maximum atomic E-state index is 11.8. The largest absolute Gasteiger partial charge is 0.456 e. The maximum Gasteiger partial charge on any atom is 0.306 e. The smallest absolute Gasteiger partial charge is 0.306 e. The fraction of sp³-hybridized carbons (Fsp3) is 0.222. The number of amides is 1. The average Bonchev–Trinajstić information content (AvgIpc) is 2.61. The molecule has 0 aliphatic carbocycles. The predicted octanol–water partition coefficient (Wildman–Crippen LogP) is 3.27. The zero-order valence-electron chi connectivity index (χ0n) is 13.7. The molecule has 0 aliphatic heterocycles. The van der Waals surface area contributed by atoms with Gasteiger partial charge in [-0.2, -0.15) is 0 Å². The van der Waals surface area contributed by atoms with E-state index in [4.69, 9.17) is 4.74 Å².